The standard InChI is InChI=1S/C26H23N7/c1-4-19-18(14-33(3)32-19)20-11-12-22-24(27-20)25(31-30-22)26-28-21-10-6-9-17(23(21)29-26)16-8-5-7-15(2)13-16/h5-14H,4H2,1-3H3,(H,28,29)(H,30,31). The Morgan fingerprint density at radius 1 is 0.909 bits per heavy atom. The van der Waals surface area contributed by atoms with Gasteiger partial charge in [0.05, 0.1) is 27.9 Å². The van der Waals surface area contributed by atoms with Crippen LogP contribution < -0.4 is 0 Å². The van der Waals surface area contributed by atoms with Gasteiger partial charge in [-0.1, -0.05) is 48.9 Å². The molecule has 0 aliphatic heterocycles. The maximum absolute atomic E-state index is 4.96. The second-order valence-electron chi connectivity index (χ2n) is 8.34. The van der Waals surface area contributed by atoms with Crippen molar-refractivity contribution in [3.05, 3.63) is 72.1 Å². The number of fused-ring (bicyclic) bond motifs is 2. The summed E-state index contributed by atoms with van der Waals surface area (Å²) >= 11 is 0. The van der Waals surface area contributed by atoms with Gasteiger partial charge < -0.3 is 4.98 Å². The molecule has 0 fully saturated rings. The number of H-pyrrole nitrogens is 2. The van der Waals surface area contributed by atoms with Crippen molar-refractivity contribution in [2.45, 2.75) is 20.3 Å². The van der Waals surface area contributed by atoms with Crippen molar-refractivity contribution in [2.75, 3.05) is 0 Å². The number of rotatable bonds is 4. The zero-order valence-corrected chi connectivity index (χ0v) is 18.7. The minimum atomic E-state index is 0.697. The van der Waals surface area contributed by atoms with Crippen molar-refractivity contribution < 1.29 is 0 Å². The van der Waals surface area contributed by atoms with Gasteiger partial charge in [0.15, 0.2) is 11.5 Å². The Morgan fingerprint density at radius 2 is 1.79 bits per heavy atom. The van der Waals surface area contributed by atoms with E-state index in [1.54, 1.807) is 0 Å². The Hall–Kier alpha value is -4.26. The highest BCUT2D eigenvalue weighted by Crippen LogP contribution is 2.32. The summed E-state index contributed by atoms with van der Waals surface area (Å²) in [5.74, 6) is 0.697. The zero-order chi connectivity index (χ0) is 22.5. The fourth-order valence-electron chi connectivity index (χ4n) is 4.41. The number of hydrogen-bond donors (Lipinski definition) is 2. The molecule has 7 nitrogen and oxygen atoms in total. The van der Waals surface area contributed by atoms with Crippen LogP contribution in [0.3, 0.4) is 0 Å². The van der Waals surface area contributed by atoms with E-state index in [1.807, 2.05) is 36.1 Å². The minimum Gasteiger partial charge on any atom is -0.336 e. The first kappa shape index (κ1) is 19.4. The number of imidazole rings is 1. The van der Waals surface area contributed by atoms with E-state index in [-0.39, 0.29) is 0 Å². The Kier molecular flexibility index (Phi) is 4.36. The monoisotopic (exact) mass is 433 g/mol. The molecule has 0 unspecified atom stereocenters. The molecular weight excluding hydrogens is 410 g/mol. The van der Waals surface area contributed by atoms with Crippen LogP contribution in [-0.2, 0) is 13.5 Å². The summed E-state index contributed by atoms with van der Waals surface area (Å²) < 4.78 is 1.84. The summed E-state index contributed by atoms with van der Waals surface area (Å²) in [5.41, 5.74) is 10.7. The maximum atomic E-state index is 4.96. The van der Waals surface area contributed by atoms with E-state index in [1.165, 1.54) is 5.56 Å². The van der Waals surface area contributed by atoms with Gasteiger partial charge in [0.25, 0.3) is 0 Å². The molecule has 6 rings (SSSR count). The quantitative estimate of drug-likeness (QED) is 0.387. The number of para-hydroxylation sites is 1. The lowest BCUT2D eigenvalue weighted by Crippen LogP contribution is -1.90. The minimum absolute atomic E-state index is 0.697. The molecule has 4 aromatic heterocycles. The summed E-state index contributed by atoms with van der Waals surface area (Å²) in [6.45, 7) is 4.21. The lowest BCUT2D eigenvalue weighted by atomic mass is 10.0. The summed E-state index contributed by atoms with van der Waals surface area (Å²) in [4.78, 5) is 13.4. The number of nitrogens with zero attached hydrogens (tertiary/aromatic N) is 5. The average molecular weight is 434 g/mol. The van der Waals surface area contributed by atoms with E-state index in [2.05, 4.69) is 70.5 Å². The van der Waals surface area contributed by atoms with Gasteiger partial charge in [-0.2, -0.15) is 10.2 Å². The van der Waals surface area contributed by atoms with Crippen molar-refractivity contribution in [1.82, 2.24) is 34.9 Å². The van der Waals surface area contributed by atoms with Crippen molar-refractivity contribution in [1.29, 1.82) is 0 Å². The predicted octanol–water partition coefficient (Wildman–Crippen LogP) is 5.44. The molecule has 7 heteroatoms. The first-order valence-electron chi connectivity index (χ1n) is 11.0. The molecule has 0 saturated heterocycles. The Morgan fingerprint density at radius 3 is 2.64 bits per heavy atom. The SMILES string of the molecule is CCc1nn(C)cc1-c1ccc2[nH]nc(-c3nc4c(-c5cccc(C)c5)cccc4[nH]3)c2n1. The van der Waals surface area contributed by atoms with E-state index < -0.39 is 0 Å². The van der Waals surface area contributed by atoms with Crippen molar-refractivity contribution >= 4 is 22.1 Å². The van der Waals surface area contributed by atoms with Gasteiger partial charge in [-0.25, -0.2) is 9.97 Å². The lowest BCUT2D eigenvalue weighted by Gasteiger charge is -2.03. The molecule has 2 N–H and O–H groups in total. The predicted molar refractivity (Wildman–Crippen MR) is 131 cm³/mol. The molecule has 0 radical (unpaired) electrons. The van der Waals surface area contributed by atoms with Gasteiger partial charge in [-0.15, -0.1) is 0 Å². The fraction of sp³-hybridized carbons (Fsp3) is 0.154. The van der Waals surface area contributed by atoms with Gasteiger partial charge in [0, 0.05) is 24.4 Å². The first-order chi connectivity index (χ1) is 16.1. The molecule has 162 valence electrons. The summed E-state index contributed by atoms with van der Waals surface area (Å²) in [5, 5.41) is 12.2. The van der Waals surface area contributed by atoms with Crippen LogP contribution in [-0.4, -0.2) is 34.9 Å². The van der Waals surface area contributed by atoms with Gasteiger partial charge in [-0.3, -0.25) is 9.78 Å². The second-order valence-corrected chi connectivity index (χ2v) is 8.34. The molecule has 6 aromatic rings. The highest BCUT2D eigenvalue weighted by Gasteiger charge is 2.18. The average Bonchev–Trinajstić information content (AvgIpc) is 3.53. The zero-order valence-electron chi connectivity index (χ0n) is 18.7. The van der Waals surface area contributed by atoms with Crippen LogP contribution in [0, 0.1) is 6.92 Å². The van der Waals surface area contributed by atoms with Gasteiger partial charge in [-0.05, 0) is 37.1 Å². The molecule has 0 amide bonds. The Balaban J connectivity index is 1.51. The Bertz CT molecular complexity index is 1630. The molecule has 0 saturated carbocycles. The number of benzene rings is 2. The van der Waals surface area contributed by atoms with Gasteiger partial charge in [0.1, 0.15) is 5.52 Å². The first-order valence-corrected chi connectivity index (χ1v) is 11.0. The third-order valence-electron chi connectivity index (χ3n) is 5.99. The summed E-state index contributed by atoms with van der Waals surface area (Å²) in [7, 11) is 1.94. The number of aromatic amines is 2. The Labute approximate surface area is 190 Å². The summed E-state index contributed by atoms with van der Waals surface area (Å²) in [6, 6.07) is 18.7. The second kappa shape index (κ2) is 7.41. The topological polar surface area (TPSA) is 88.1 Å². The molecular formula is C26H23N7. The third kappa shape index (κ3) is 3.20. The van der Waals surface area contributed by atoms with Crippen LogP contribution in [0.1, 0.15) is 18.2 Å². The van der Waals surface area contributed by atoms with Crippen LogP contribution >= 0.6 is 0 Å². The highest BCUT2D eigenvalue weighted by molar-refractivity contribution is 5.96. The molecule has 2 aromatic carbocycles. The summed E-state index contributed by atoms with van der Waals surface area (Å²) in [6.07, 6.45) is 2.86. The normalized spacial score (nSPS) is 11.6. The smallest absolute Gasteiger partial charge is 0.161 e. The van der Waals surface area contributed by atoms with E-state index in [4.69, 9.17) is 9.97 Å². The molecule has 4 heterocycles. The number of pyridine rings is 1. The van der Waals surface area contributed by atoms with Crippen LogP contribution in [0.15, 0.2) is 60.8 Å². The van der Waals surface area contributed by atoms with E-state index >= 15 is 0 Å². The number of aryl methyl sites for hydroxylation is 3. The van der Waals surface area contributed by atoms with Crippen LogP contribution in [0.25, 0.3) is 56.0 Å². The molecule has 0 bridgehead atoms. The molecule has 33 heavy (non-hydrogen) atoms. The van der Waals surface area contributed by atoms with E-state index in [9.17, 15) is 0 Å². The van der Waals surface area contributed by atoms with Gasteiger partial charge >= 0.3 is 0 Å². The van der Waals surface area contributed by atoms with E-state index in [0.29, 0.717) is 11.5 Å². The van der Waals surface area contributed by atoms with E-state index in [0.717, 1.165) is 56.6 Å². The largest absolute Gasteiger partial charge is 0.336 e. The molecule has 0 spiro atoms. The van der Waals surface area contributed by atoms with Crippen LogP contribution in [0.5, 0.6) is 0 Å². The van der Waals surface area contributed by atoms with Gasteiger partial charge in [0.2, 0.25) is 0 Å². The molecule has 0 atom stereocenters. The fourth-order valence-corrected chi connectivity index (χ4v) is 4.41. The highest BCUT2D eigenvalue weighted by atomic mass is 15.3. The van der Waals surface area contributed by atoms with Crippen LogP contribution in [0.2, 0.25) is 0 Å². The molecule has 0 aliphatic rings. The third-order valence-corrected chi connectivity index (χ3v) is 5.99. The van der Waals surface area contributed by atoms with Crippen molar-refractivity contribution in [3.8, 4) is 33.9 Å². The number of nitrogens with one attached hydrogen (secondary N) is 2. The lowest BCUT2D eigenvalue weighted by molar-refractivity contribution is 0.746. The maximum Gasteiger partial charge on any atom is 0.161 e. The molecule has 0 aliphatic carbocycles. The van der Waals surface area contributed by atoms with Crippen LogP contribution in [0.4, 0.5) is 0 Å². The van der Waals surface area contributed by atoms with Crippen molar-refractivity contribution in [2.24, 2.45) is 7.05 Å². The number of hydrogen-bond acceptors (Lipinski definition) is 4. The number of aromatic nitrogens is 7. The van der Waals surface area contributed by atoms with Crippen molar-refractivity contribution in [3.63, 3.8) is 0 Å².